The summed E-state index contributed by atoms with van der Waals surface area (Å²) >= 11 is 0. The molecule has 1 amide bonds. The number of amides is 1. The van der Waals surface area contributed by atoms with E-state index in [0.29, 0.717) is 37.6 Å². The molecule has 0 saturated carbocycles. The number of benzene rings is 1. The van der Waals surface area contributed by atoms with Crippen LogP contribution in [0, 0.1) is 5.82 Å². The molecule has 144 valence electrons. The normalized spacial score (nSPS) is 14.3. The third-order valence-corrected chi connectivity index (χ3v) is 4.90. The first-order valence-electron chi connectivity index (χ1n) is 9.32. The first-order valence-corrected chi connectivity index (χ1v) is 9.32. The number of nitrogens with zero attached hydrogens (tertiary/aromatic N) is 4. The van der Waals surface area contributed by atoms with Gasteiger partial charge in [-0.1, -0.05) is 0 Å². The minimum atomic E-state index is -0.293. The van der Waals surface area contributed by atoms with Crippen molar-refractivity contribution in [2.75, 3.05) is 31.1 Å². The van der Waals surface area contributed by atoms with E-state index in [4.69, 9.17) is 4.42 Å². The number of hydrogen-bond acceptors (Lipinski definition) is 5. The van der Waals surface area contributed by atoms with E-state index in [9.17, 15) is 9.18 Å². The standard InChI is InChI=1S/C21H21FN4O2/c22-17-3-1-16(2-4-17)19-15-24-20(28-19)5-6-21(27)26-13-11-25(12-14-26)18-7-9-23-10-8-18/h1-4,7-10,15H,5-6,11-14H2. The fraction of sp³-hybridized carbons (Fsp3) is 0.286. The zero-order valence-corrected chi connectivity index (χ0v) is 15.4. The predicted molar refractivity (Wildman–Crippen MR) is 103 cm³/mol. The van der Waals surface area contributed by atoms with Crippen LogP contribution >= 0.6 is 0 Å². The quantitative estimate of drug-likeness (QED) is 0.680. The molecule has 0 radical (unpaired) electrons. The molecule has 0 aliphatic carbocycles. The SMILES string of the molecule is O=C(CCc1ncc(-c2ccc(F)cc2)o1)N1CCN(c2ccncc2)CC1. The van der Waals surface area contributed by atoms with Crippen molar-refractivity contribution in [2.45, 2.75) is 12.8 Å². The molecule has 6 nitrogen and oxygen atoms in total. The fourth-order valence-electron chi connectivity index (χ4n) is 3.31. The van der Waals surface area contributed by atoms with Gasteiger partial charge in [0.1, 0.15) is 5.82 Å². The Morgan fingerprint density at radius 1 is 1.04 bits per heavy atom. The van der Waals surface area contributed by atoms with E-state index in [0.717, 1.165) is 24.3 Å². The zero-order chi connectivity index (χ0) is 19.3. The molecule has 0 bridgehead atoms. The molecular weight excluding hydrogens is 359 g/mol. The number of carbonyl (C=O) groups excluding carboxylic acids is 1. The highest BCUT2D eigenvalue weighted by atomic mass is 19.1. The van der Waals surface area contributed by atoms with Gasteiger partial charge in [0, 0.05) is 62.7 Å². The Labute approximate surface area is 162 Å². The summed E-state index contributed by atoms with van der Waals surface area (Å²) in [4.78, 5) is 24.9. The number of aromatic nitrogens is 2. The fourth-order valence-corrected chi connectivity index (χ4v) is 3.31. The van der Waals surface area contributed by atoms with Gasteiger partial charge in [-0.2, -0.15) is 0 Å². The lowest BCUT2D eigenvalue weighted by Crippen LogP contribution is -2.48. The monoisotopic (exact) mass is 380 g/mol. The molecule has 0 spiro atoms. The smallest absolute Gasteiger partial charge is 0.223 e. The van der Waals surface area contributed by atoms with E-state index in [2.05, 4.69) is 14.9 Å². The summed E-state index contributed by atoms with van der Waals surface area (Å²) in [6, 6.07) is 10.0. The van der Waals surface area contributed by atoms with Crippen molar-refractivity contribution in [3.05, 3.63) is 66.7 Å². The molecule has 2 aromatic heterocycles. The third kappa shape index (κ3) is 4.19. The Morgan fingerprint density at radius 3 is 2.46 bits per heavy atom. The molecule has 3 heterocycles. The van der Waals surface area contributed by atoms with Crippen LogP contribution in [0.4, 0.5) is 10.1 Å². The third-order valence-electron chi connectivity index (χ3n) is 4.90. The van der Waals surface area contributed by atoms with E-state index < -0.39 is 0 Å². The van der Waals surface area contributed by atoms with Gasteiger partial charge in [-0.3, -0.25) is 9.78 Å². The topological polar surface area (TPSA) is 62.5 Å². The second-order valence-corrected chi connectivity index (χ2v) is 6.70. The van der Waals surface area contributed by atoms with E-state index in [1.165, 1.54) is 12.1 Å². The lowest BCUT2D eigenvalue weighted by molar-refractivity contribution is -0.131. The number of oxazole rings is 1. The molecule has 3 aromatic rings. The summed E-state index contributed by atoms with van der Waals surface area (Å²) in [6.45, 7) is 3.02. The minimum Gasteiger partial charge on any atom is -0.441 e. The van der Waals surface area contributed by atoms with Crippen molar-refractivity contribution in [2.24, 2.45) is 0 Å². The Morgan fingerprint density at radius 2 is 1.75 bits per heavy atom. The summed E-state index contributed by atoms with van der Waals surface area (Å²) in [5.41, 5.74) is 1.90. The maximum Gasteiger partial charge on any atom is 0.223 e. The first-order chi connectivity index (χ1) is 13.7. The predicted octanol–water partition coefficient (Wildman–Crippen LogP) is 3.16. The first kappa shape index (κ1) is 18.2. The number of anilines is 1. The molecule has 1 aliphatic rings. The van der Waals surface area contributed by atoms with E-state index >= 15 is 0 Å². The van der Waals surface area contributed by atoms with Crippen LogP contribution in [0.5, 0.6) is 0 Å². The number of rotatable bonds is 5. The Bertz CT molecular complexity index is 919. The van der Waals surface area contributed by atoms with Crippen LogP contribution in [-0.2, 0) is 11.2 Å². The van der Waals surface area contributed by atoms with Crippen molar-refractivity contribution in [1.82, 2.24) is 14.9 Å². The molecule has 1 saturated heterocycles. The van der Waals surface area contributed by atoms with Crippen molar-refractivity contribution >= 4 is 11.6 Å². The summed E-state index contributed by atoms with van der Waals surface area (Å²) in [5, 5.41) is 0. The van der Waals surface area contributed by atoms with Gasteiger partial charge in [-0.25, -0.2) is 9.37 Å². The average Bonchev–Trinajstić information content (AvgIpc) is 3.22. The van der Waals surface area contributed by atoms with Crippen LogP contribution < -0.4 is 4.90 Å². The van der Waals surface area contributed by atoms with E-state index in [1.807, 2.05) is 17.0 Å². The molecule has 0 unspecified atom stereocenters. The molecule has 7 heteroatoms. The molecule has 1 aliphatic heterocycles. The lowest BCUT2D eigenvalue weighted by atomic mass is 10.2. The van der Waals surface area contributed by atoms with Crippen molar-refractivity contribution < 1.29 is 13.6 Å². The van der Waals surface area contributed by atoms with Crippen LogP contribution in [0.15, 0.2) is 59.4 Å². The van der Waals surface area contributed by atoms with Gasteiger partial charge in [-0.05, 0) is 36.4 Å². The molecule has 0 atom stereocenters. The Hall–Kier alpha value is -3.22. The number of aryl methyl sites for hydroxylation is 1. The van der Waals surface area contributed by atoms with Gasteiger partial charge in [0.25, 0.3) is 0 Å². The van der Waals surface area contributed by atoms with Crippen LogP contribution in [0.2, 0.25) is 0 Å². The van der Waals surface area contributed by atoms with E-state index in [1.54, 1.807) is 30.7 Å². The number of pyridine rings is 1. The van der Waals surface area contributed by atoms with Gasteiger partial charge in [-0.15, -0.1) is 0 Å². The van der Waals surface area contributed by atoms with Crippen LogP contribution in [0.25, 0.3) is 11.3 Å². The largest absolute Gasteiger partial charge is 0.441 e. The number of halogens is 1. The van der Waals surface area contributed by atoms with Gasteiger partial charge in [0.05, 0.1) is 6.20 Å². The molecular formula is C21H21FN4O2. The van der Waals surface area contributed by atoms with Crippen LogP contribution in [-0.4, -0.2) is 47.0 Å². The highest BCUT2D eigenvalue weighted by Gasteiger charge is 2.21. The summed E-state index contributed by atoms with van der Waals surface area (Å²) in [5.74, 6) is 0.908. The van der Waals surface area contributed by atoms with E-state index in [-0.39, 0.29) is 11.7 Å². The molecule has 28 heavy (non-hydrogen) atoms. The maximum absolute atomic E-state index is 13.0. The highest BCUT2D eigenvalue weighted by molar-refractivity contribution is 5.76. The van der Waals surface area contributed by atoms with Gasteiger partial charge >= 0.3 is 0 Å². The highest BCUT2D eigenvalue weighted by Crippen LogP contribution is 2.21. The lowest BCUT2D eigenvalue weighted by Gasteiger charge is -2.36. The Balaban J connectivity index is 1.28. The van der Waals surface area contributed by atoms with Crippen LogP contribution in [0.1, 0.15) is 12.3 Å². The summed E-state index contributed by atoms with van der Waals surface area (Å²) < 4.78 is 18.7. The summed E-state index contributed by atoms with van der Waals surface area (Å²) in [7, 11) is 0. The minimum absolute atomic E-state index is 0.107. The van der Waals surface area contributed by atoms with Gasteiger partial charge < -0.3 is 14.2 Å². The van der Waals surface area contributed by atoms with Crippen molar-refractivity contribution in [3.63, 3.8) is 0 Å². The van der Waals surface area contributed by atoms with Crippen molar-refractivity contribution in [1.29, 1.82) is 0 Å². The maximum atomic E-state index is 13.0. The van der Waals surface area contributed by atoms with Crippen molar-refractivity contribution in [3.8, 4) is 11.3 Å². The second-order valence-electron chi connectivity index (χ2n) is 6.70. The van der Waals surface area contributed by atoms with Crippen LogP contribution in [0.3, 0.4) is 0 Å². The molecule has 0 N–H and O–H groups in total. The number of carbonyl (C=O) groups is 1. The zero-order valence-electron chi connectivity index (χ0n) is 15.4. The molecule has 1 fully saturated rings. The van der Waals surface area contributed by atoms with Gasteiger partial charge in [0.15, 0.2) is 11.7 Å². The second kappa shape index (κ2) is 8.21. The summed E-state index contributed by atoms with van der Waals surface area (Å²) in [6.07, 6.45) is 5.98. The average molecular weight is 380 g/mol. The molecule has 4 rings (SSSR count). The number of piperazine rings is 1. The number of hydrogen-bond donors (Lipinski definition) is 0. The Kier molecular flexibility index (Phi) is 5.32. The molecule has 1 aromatic carbocycles. The van der Waals surface area contributed by atoms with Gasteiger partial charge in [0.2, 0.25) is 5.91 Å².